The standard InChI is InChI=1S/2C11H16.C10H14.C10H12/c2*1-4-10-5-7-11(8-6-10)9(2)3;2*1-3-9-5-7-10(4-2)8-6-9/h2*5-9H,4H2,1-3H3;5-8H,3-4H2,1-2H3;3,5-8H,1,4H2,2H3. The Morgan fingerprint density at radius 3 is 0.810 bits per heavy atom. The quantitative estimate of drug-likeness (QED) is 0.200. The third-order valence-electron chi connectivity index (χ3n) is 7.57. The Hall–Kier alpha value is -3.38. The van der Waals surface area contributed by atoms with Gasteiger partial charge in [-0.15, -0.1) is 0 Å². The van der Waals surface area contributed by atoms with Crippen molar-refractivity contribution in [1.29, 1.82) is 0 Å². The van der Waals surface area contributed by atoms with Gasteiger partial charge in [-0.25, -0.2) is 0 Å². The first-order valence-corrected chi connectivity index (χ1v) is 16.2. The molecule has 4 rings (SSSR count). The molecule has 0 aliphatic carbocycles. The summed E-state index contributed by atoms with van der Waals surface area (Å²) in [6.45, 7) is 23.5. The maximum Gasteiger partial charge on any atom is -0.0219 e. The van der Waals surface area contributed by atoms with Crippen molar-refractivity contribution < 1.29 is 0 Å². The maximum atomic E-state index is 3.69. The van der Waals surface area contributed by atoms with Gasteiger partial charge in [0.2, 0.25) is 0 Å². The lowest BCUT2D eigenvalue weighted by atomic mass is 10.0. The van der Waals surface area contributed by atoms with E-state index in [0.29, 0.717) is 11.8 Å². The summed E-state index contributed by atoms with van der Waals surface area (Å²) in [6.07, 6.45) is 7.53. The summed E-state index contributed by atoms with van der Waals surface area (Å²) >= 11 is 0. The van der Waals surface area contributed by atoms with Crippen LogP contribution in [0.4, 0.5) is 0 Å². The minimum Gasteiger partial charge on any atom is -0.0985 e. The molecule has 4 aromatic carbocycles. The van der Waals surface area contributed by atoms with Crippen molar-refractivity contribution in [2.75, 3.05) is 0 Å². The molecular formula is C42H58. The van der Waals surface area contributed by atoms with Gasteiger partial charge in [0.1, 0.15) is 0 Å². The SMILES string of the molecule is C=Cc1ccc(CC)cc1.CCc1ccc(C(C)C)cc1.CCc1ccc(C(C)C)cc1.CCc1ccc(CC)cc1. The summed E-state index contributed by atoms with van der Waals surface area (Å²) in [6, 6.07) is 35.1. The van der Waals surface area contributed by atoms with Crippen LogP contribution in [0.5, 0.6) is 0 Å². The second kappa shape index (κ2) is 21.3. The van der Waals surface area contributed by atoms with Crippen molar-refractivity contribution >= 4 is 6.08 Å². The molecule has 226 valence electrons. The molecule has 0 heteroatoms. The Labute approximate surface area is 259 Å². The van der Waals surface area contributed by atoms with Crippen LogP contribution in [-0.2, 0) is 32.1 Å². The van der Waals surface area contributed by atoms with Crippen LogP contribution >= 0.6 is 0 Å². The number of rotatable bonds is 8. The highest BCUT2D eigenvalue weighted by atomic mass is 14.0. The molecule has 0 bridgehead atoms. The van der Waals surface area contributed by atoms with E-state index in [1.807, 2.05) is 6.08 Å². The minimum atomic E-state index is 0.654. The van der Waals surface area contributed by atoms with E-state index in [-0.39, 0.29) is 0 Å². The monoisotopic (exact) mass is 562 g/mol. The summed E-state index contributed by atoms with van der Waals surface area (Å²) in [7, 11) is 0. The second-order valence-electron chi connectivity index (χ2n) is 11.3. The van der Waals surface area contributed by atoms with Crippen LogP contribution in [-0.4, -0.2) is 0 Å². The molecule has 0 fully saturated rings. The molecule has 0 atom stereocenters. The highest BCUT2D eigenvalue weighted by Crippen LogP contribution is 2.15. The van der Waals surface area contributed by atoms with E-state index in [1.165, 1.54) is 44.5 Å². The lowest BCUT2D eigenvalue weighted by Gasteiger charge is -2.04. The van der Waals surface area contributed by atoms with Crippen molar-refractivity contribution in [1.82, 2.24) is 0 Å². The zero-order valence-electron chi connectivity index (χ0n) is 28.2. The highest BCUT2D eigenvalue weighted by molar-refractivity contribution is 5.47. The number of hydrogen-bond donors (Lipinski definition) is 0. The largest absolute Gasteiger partial charge is 0.0985 e. The van der Waals surface area contributed by atoms with Crippen molar-refractivity contribution in [3.63, 3.8) is 0 Å². The van der Waals surface area contributed by atoms with Crippen LogP contribution in [0.1, 0.15) is 119 Å². The van der Waals surface area contributed by atoms with E-state index >= 15 is 0 Å². The first-order valence-electron chi connectivity index (χ1n) is 16.2. The van der Waals surface area contributed by atoms with E-state index in [1.54, 1.807) is 0 Å². The van der Waals surface area contributed by atoms with Gasteiger partial charge in [0.25, 0.3) is 0 Å². The predicted octanol–water partition coefficient (Wildman–Crippen LogP) is 12.4. The van der Waals surface area contributed by atoms with E-state index < -0.39 is 0 Å². The average molecular weight is 563 g/mol. The van der Waals surface area contributed by atoms with Gasteiger partial charge in [-0.1, -0.05) is 172 Å². The number of benzene rings is 4. The summed E-state index contributed by atoms with van der Waals surface area (Å²) < 4.78 is 0. The lowest BCUT2D eigenvalue weighted by Crippen LogP contribution is -1.87. The molecule has 0 nitrogen and oxygen atoms in total. The molecule has 0 unspecified atom stereocenters. The molecule has 0 N–H and O–H groups in total. The Bertz CT molecular complexity index is 1130. The smallest absolute Gasteiger partial charge is 0.0219 e. The zero-order chi connectivity index (χ0) is 31.3. The molecule has 0 aliphatic rings. The Kier molecular flexibility index (Phi) is 18.6. The van der Waals surface area contributed by atoms with Crippen molar-refractivity contribution in [2.24, 2.45) is 0 Å². The Morgan fingerprint density at radius 1 is 0.405 bits per heavy atom. The zero-order valence-corrected chi connectivity index (χ0v) is 28.2. The lowest BCUT2D eigenvalue weighted by molar-refractivity contribution is 0.865. The summed E-state index contributed by atoms with van der Waals surface area (Å²) in [4.78, 5) is 0. The fourth-order valence-corrected chi connectivity index (χ4v) is 4.18. The molecule has 0 heterocycles. The minimum absolute atomic E-state index is 0.654. The van der Waals surface area contributed by atoms with Crippen LogP contribution in [0.3, 0.4) is 0 Å². The summed E-state index contributed by atoms with van der Waals surface area (Å²) in [5.74, 6) is 1.31. The third-order valence-corrected chi connectivity index (χ3v) is 7.57. The number of aryl methyl sites for hydroxylation is 5. The van der Waals surface area contributed by atoms with Gasteiger partial charge >= 0.3 is 0 Å². The average Bonchev–Trinajstić information content (AvgIpc) is 3.05. The molecule has 0 aromatic heterocycles. The first kappa shape index (κ1) is 36.6. The third kappa shape index (κ3) is 14.5. The second-order valence-corrected chi connectivity index (χ2v) is 11.3. The molecule has 0 saturated heterocycles. The van der Waals surface area contributed by atoms with Gasteiger partial charge in [0.05, 0.1) is 0 Å². The van der Waals surface area contributed by atoms with E-state index in [9.17, 15) is 0 Å². The predicted molar refractivity (Wildman–Crippen MR) is 191 cm³/mol. The van der Waals surface area contributed by atoms with Crippen LogP contribution in [0.25, 0.3) is 6.08 Å². The van der Waals surface area contributed by atoms with E-state index in [2.05, 4.69) is 166 Å². The number of hydrogen-bond acceptors (Lipinski definition) is 0. The highest BCUT2D eigenvalue weighted by Gasteiger charge is 1.97. The van der Waals surface area contributed by atoms with Gasteiger partial charge in [-0.3, -0.25) is 0 Å². The van der Waals surface area contributed by atoms with Gasteiger partial charge in [0, 0.05) is 0 Å². The molecule has 0 spiro atoms. The van der Waals surface area contributed by atoms with Gasteiger partial charge in [-0.2, -0.15) is 0 Å². The Morgan fingerprint density at radius 2 is 0.619 bits per heavy atom. The summed E-state index contributed by atoms with van der Waals surface area (Å²) in [5.41, 5.74) is 11.1. The molecule has 4 aromatic rings. The fraction of sp³-hybridized carbons (Fsp3) is 0.381. The molecule has 0 saturated carbocycles. The van der Waals surface area contributed by atoms with Gasteiger partial charge < -0.3 is 0 Å². The van der Waals surface area contributed by atoms with Crippen molar-refractivity contribution in [3.05, 3.63) is 148 Å². The molecule has 42 heavy (non-hydrogen) atoms. The van der Waals surface area contributed by atoms with E-state index in [4.69, 9.17) is 0 Å². The molecule has 0 radical (unpaired) electrons. The topological polar surface area (TPSA) is 0 Å². The van der Waals surface area contributed by atoms with Crippen LogP contribution < -0.4 is 0 Å². The molecule has 0 amide bonds. The van der Waals surface area contributed by atoms with Gasteiger partial charge in [0.15, 0.2) is 0 Å². The van der Waals surface area contributed by atoms with Crippen molar-refractivity contribution in [3.8, 4) is 0 Å². The fourth-order valence-electron chi connectivity index (χ4n) is 4.18. The first-order chi connectivity index (χ1) is 20.2. The van der Waals surface area contributed by atoms with E-state index in [0.717, 1.165) is 32.1 Å². The summed E-state index contributed by atoms with van der Waals surface area (Å²) in [5, 5.41) is 0. The van der Waals surface area contributed by atoms with Crippen molar-refractivity contribution in [2.45, 2.75) is 106 Å². The van der Waals surface area contributed by atoms with Crippen LogP contribution in [0.2, 0.25) is 0 Å². The normalized spacial score (nSPS) is 10.1. The van der Waals surface area contributed by atoms with Crippen LogP contribution in [0, 0.1) is 0 Å². The molecule has 0 aliphatic heterocycles. The van der Waals surface area contributed by atoms with Gasteiger partial charge in [-0.05, 0) is 88.4 Å². The maximum absolute atomic E-state index is 3.69. The Balaban J connectivity index is 0.000000280. The molecular weight excluding hydrogens is 504 g/mol. The van der Waals surface area contributed by atoms with Crippen LogP contribution in [0.15, 0.2) is 104 Å².